The van der Waals surface area contributed by atoms with E-state index in [-0.39, 0.29) is 17.2 Å². The summed E-state index contributed by atoms with van der Waals surface area (Å²) in [5.74, 6) is 1.04. The van der Waals surface area contributed by atoms with E-state index in [1.54, 1.807) is 38.1 Å². The van der Waals surface area contributed by atoms with E-state index in [1.807, 2.05) is 0 Å². The zero-order valence-corrected chi connectivity index (χ0v) is 18.7. The van der Waals surface area contributed by atoms with Gasteiger partial charge in [-0.3, -0.25) is 4.79 Å². The SMILES string of the molecule is CCN(CC)S(=O)(=O)c1cccc(NC(=O)Cc2cc(OC)c(OC)c(OC)c2)c1. The number of carbonyl (C=O) groups is 1. The molecule has 0 unspecified atom stereocenters. The van der Waals surface area contributed by atoms with E-state index in [9.17, 15) is 13.2 Å². The average molecular weight is 437 g/mol. The number of amides is 1. The predicted molar refractivity (Wildman–Crippen MR) is 115 cm³/mol. The van der Waals surface area contributed by atoms with E-state index in [2.05, 4.69) is 5.32 Å². The van der Waals surface area contributed by atoms with Gasteiger partial charge in [-0.2, -0.15) is 4.31 Å². The third-order valence-corrected chi connectivity index (χ3v) is 6.60. The number of anilines is 1. The van der Waals surface area contributed by atoms with Crippen molar-refractivity contribution in [2.24, 2.45) is 0 Å². The summed E-state index contributed by atoms with van der Waals surface area (Å²) in [6, 6.07) is 9.62. The van der Waals surface area contributed by atoms with Crippen molar-refractivity contribution in [2.45, 2.75) is 25.2 Å². The van der Waals surface area contributed by atoms with Crippen LogP contribution in [0.15, 0.2) is 41.3 Å². The summed E-state index contributed by atoms with van der Waals surface area (Å²) in [4.78, 5) is 12.7. The Kier molecular flexibility index (Phi) is 8.08. The first-order valence-corrected chi connectivity index (χ1v) is 10.9. The molecule has 0 spiro atoms. The highest BCUT2D eigenvalue weighted by Gasteiger charge is 2.22. The first kappa shape index (κ1) is 23.5. The zero-order chi connectivity index (χ0) is 22.3. The maximum Gasteiger partial charge on any atom is 0.243 e. The number of nitrogens with zero attached hydrogens (tertiary/aromatic N) is 1. The number of rotatable bonds is 10. The Morgan fingerprint density at radius 2 is 1.57 bits per heavy atom. The van der Waals surface area contributed by atoms with Gasteiger partial charge in [-0.25, -0.2) is 8.42 Å². The zero-order valence-electron chi connectivity index (χ0n) is 17.9. The molecule has 0 fully saturated rings. The molecule has 1 amide bonds. The lowest BCUT2D eigenvalue weighted by Crippen LogP contribution is -2.30. The van der Waals surface area contributed by atoms with E-state index >= 15 is 0 Å². The van der Waals surface area contributed by atoms with Gasteiger partial charge in [-0.05, 0) is 35.9 Å². The smallest absolute Gasteiger partial charge is 0.243 e. The Morgan fingerprint density at radius 3 is 2.07 bits per heavy atom. The molecule has 0 saturated heterocycles. The quantitative estimate of drug-likeness (QED) is 0.615. The first-order chi connectivity index (χ1) is 14.3. The molecule has 2 aromatic carbocycles. The molecule has 0 aliphatic rings. The van der Waals surface area contributed by atoms with Crippen LogP contribution in [-0.2, 0) is 21.2 Å². The van der Waals surface area contributed by atoms with Crippen molar-refractivity contribution in [3.8, 4) is 17.2 Å². The van der Waals surface area contributed by atoms with Gasteiger partial charge in [-0.1, -0.05) is 19.9 Å². The van der Waals surface area contributed by atoms with E-state index in [0.29, 0.717) is 41.6 Å². The molecule has 2 aromatic rings. The number of hydrogen-bond donors (Lipinski definition) is 1. The minimum atomic E-state index is -3.61. The van der Waals surface area contributed by atoms with Gasteiger partial charge < -0.3 is 19.5 Å². The fourth-order valence-electron chi connectivity index (χ4n) is 3.07. The third kappa shape index (κ3) is 5.22. The van der Waals surface area contributed by atoms with Crippen molar-refractivity contribution in [1.82, 2.24) is 4.31 Å². The molecule has 8 nitrogen and oxygen atoms in total. The molecule has 0 saturated carbocycles. The standard InChI is InChI=1S/C21H28N2O6S/c1-6-23(7-2)30(25,26)17-10-8-9-16(14-17)22-20(24)13-15-11-18(27-3)21(29-5)19(12-15)28-4/h8-12,14H,6-7,13H2,1-5H3,(H,22,24). The predicted octanol–water partition coefficient (Wildman–Crippen LogP) is 2.92. The number of hydrogen-bond acceptors (Lipinski definition) is 6. The summed E-state index contributed by atoms with van der Waals surface area (Å²) < 4.78 is 42.7. The summed E-state index contributed by atoms with van der Waals surface area (Å²) in [5, 5.41) is 2.75. The molecule has 9 heteroatoms. The monoisotopic (exact) mass is 436 g/mol. The summed E-state index contributed by atoms with van der Waals surface area (Å²) >= 11 is 0. The van der Waals surface area contributed by atoms with Crippen molar-refractivity contribution < 1.29 is 27.4 Å². The van der Waals surface area contributed by atoms with Crippen LogP contribution in [0.25, 0.3) is 0 Å². The van der Waals surface area contributed by atoms with Gasteiger partial charge in [-0.15, -0.1) is 0 Å². The highest BCUT2D eigenvalue weighted by Crippen LogP contribution is 2.38. The lowest BCUT2D eigenvalue weighted by Gasteiger charge is -2.19. The summed E-state index contributed by atoms with van der Waals surface area (Å²) in [6.45, 7) is 4.31. The Balaban J connectivity index is 2.22. The molecule has 0 aliphatic carbocycles. The molecule has 0 heterocycles. The molecule has 0 bridgehead atoms. The Labute approximate surface area is 177 Å². The Hall–Kier alpha value is -2.78. The van der Waals surface area contributed by atoms with Crippen molar-refractivity contribution in [1.29, 1.82) is 0 Å². The van der Waals surface area contributed by atoms with Crippen LogP contribution in [0.4, 0.5) is 5.69 Å². The molecule has 0 aromatic heterocycles. The molecule has 0 aliphatic heterocycles. The van der Waals surface area contributed by atoms with Crippen molar-refractivity contribution in [3.63, 3.8) is 0 Å². The van der Waals surface area contributed by atoms with Gasteiger partial charge in [0.1, 0.15) is 0 Å². The minimum Gasteiger partial charge on any atom is -0.493 e. The van der Waals surface area contributed by atoms with Crippen molar-refractivity contribution in [3.05, 3.63) is 42.0 Å². The number of sulfonamides is 1. The van der Waals surface area contributed by atoms with Crippen LogP contribution in [0, 0.1) is 0 Å². The molecule has 1 N–H and O–H groups in total. The Bertz CT molecular complexity index is 962. The molecular weight excluding hydrogens is 408 g/mol. The molecule has 30 heavy (non-hydrogen) atoms. The largest absolute Gasteiger partial charge is 0.493 e. The second-order valence-electron chi connectivity index (χ2n) is 6.38. The van der Waals surface area contributed by atoms with E-state index in [1.165, 1.54) is 37.8 Å². The third-order valence-electron chi connectivity index (χ3n) is 4.55. The molecule has 2 rings (SSSR count). The topological polar surface area (TPSA) is 94.2 Å². The van der Waals surface area contributed by atoms with Crippen molar-refractivity contribution >= 4 is 21.6 Å². The van der Waals surface area contributed by atoms with E-state index < -0.39 is 10.0 Å². The Morgan fingerprint density at radius 1 is 0.967 bits per heavy atom. The van der Waals surface area contributed by atoms with E-state index in [4.69, 9.17) is 14.2 Å². The number of ether oxygens (including phenoxy) is 3. The number of nitrogens with one attached hydrogen (secondary N) is 1. The van der Waals surface area contributed by atoms with Gasteiger partial charge in [0.25, 0.3) is 0 Å². The number of methoxy groups -OCH3 is 3. The summed E-state index contributed by atoms with van der Waals surface area (Å²) in [7, 11) is 0.903. The van der Waals surface area contributed by atoms with Gasteiger partial charge >= 0.3 is 0 Å². The molecule has 0 atom stereocenters. The van der Waals surface area contributed by atoms with Crippen LogP contribution in [-0.4, -0.2) is 53.0 Å². The van der Waals surface area contributed by atoms with Crippen LogP contribution >= 0.6 is 0 Å². The average Bonchev–Trinajstić information content (AvgIpc) is 2.73. The van der Waals surface area contributed by atoms with Gasteiger partial charge in [0.2, 0.25) is 21.7 Å². The van der Waals surface area contributed by atoms with Gasteiger partial charge in [0, 0.05) is 18.8 Å². The van der Waals surface area contributed by atoms with Crippen LogP contribution in [0.3, 0.4) is 0 Å². The maximum absolute atomic E-state index is 12.7. The van der Waals surface area contributed by atoms with Crippen LogP contribution < -0.4 is 19.5 Å². The lowest BCUT2D eigenvalue weighted by atomic mass is 10.1. The normalized spacial score (nSPS) is 11.3. The van der Waals surface area contributed by atoms with Crippen LogP contribution in [0.1, 0.15) is 19.4 Å². The van der Waals surface area contributed by atoms with Crippen LogP contribution in [0.2, 0.25) is 0 Å². The lowest BCUT2D eigenvalue weighted by molar-refractivity contribution is -0.115. The second kappa shape index (κ2) is 10.3. The fourth-order valence-corrected chi connectivity index (χ4v) is 4.58. The summed E-state index contributed by atoms with van der Waals surface area (Å²) in [6.07, 6.45) is 0.0454. The fraction of sp³-hybridized carbons (Fsp3) is 0.381. The summed E-state index contributed by atoms with van der Waals surface area (Å²) in [5.41, 5.74) is 1.06. The van der Waals surface area contributed by atoms with Crippen molar-refractivity contribution in [2.75, 3.05) is 39.7 Å². The first-order valence-electron chi connectivity index (χ1n) is 9.49. The van der Waals surface area contributed by atoms with Crippen LogP contribution in [0.5, 0.6) is 17.2 Å². The van der Waals surface area contributed by atoms with Gasteiger partial charge in [0.15, 0.2) is 11.5 Å². The molecular formula is C21H28N2O6S. The second-order valence-corrected chi connectivity index (χ2v) is 8.31. The molecule has 164 valence electrons. The number of carbonyl (C=O) groups excluding carboxylic acids is 1. The maximum atomic E-state index is 12.7. The molecule has 0 radical (unpaired) electrons. The van der Waals surface area contributed by atoms with E-state index in [0.717, 1.165) is 0 Å². The highest BCUT2D eigenvalue weighted by atomic mass is 32.2. The van der Waals surface area contributed by atoms with Gasteiger partial charge in [0.05, 0.1) is 32.6 Å². The highest BCUT2D eigenvalue weighted by molar-refractivity contribution is 7.89. The minimum absolute atomic E-state index is 0.0454. The number of benzene rings is 2.